The quantitative estimate of drug-likeness (QED) is 0.491. The van der Waals surface area contributed by atoms with E-state index in [4.69, 9.17) is 4.74 Å². The zero-order valence-electron chi connectivity index (χ0n) is 13.2. The highest BCUT2D eigenvalue weighted by Gasteiger charge is 2.30. The van der Waals surface area contributed by atoms with Crippen LogP contribution in [0, 0.1) is 11.8 Å². The molecule has 1 aliphatic carbocycles. The van der Waals surface area contributed by atoms with Crippen LogP contribution in [-0.2, 0) is 4.74 Å². The van der Waals surface area contributed by atoms with Crippen LogP contribution in [0.15, 0.2) is 0 Å². The monoisotopic (exact) mass is 282 g/mol. The molecule has 0 unspecified atom stereocenters. The number of hydrogen-bond acceptors (Lipinski definition) is 1. The van der Waals surface area contributed by atoms with Gasteiger partial charge in [-0.25, -0.2) is 0 Å². The van der Waals surface area contributed by atoms with Crippen molar-refractivity contribution in [1.29, 1.82) is 0 Å². The number of hydrogen-bond donors (Lipinski definition) is 0. The molecule has 0 aromatic heterocycles. The Morgan fingerprint density at radius 3 is 2.11 bits per heavy atom. The topological polar surface area (TPSA) is 9.23 Å². The molecule has 0 aromatic carbocycles. The number of ether oxygens (including phenoxy) is 1. The third-order valence-electron chi connectivity index (χ3n) is 5.83. The first-order valence-electron chi connectivity index (χ1n) is 8.86. The summed E-state index contributed by atoms with van der Waals surface area (Å²) < 4.78 is 5.51. The van der Waals surface area contributed by atoms with Gasteiger partial charge in [0.05, 0.1) is 6.10 Å². The fourth-order valence-electron chi connectivity index (χ4n) is 4.43. The van der Waals surface area contributed by atoms with Gasteiger partial charge in [-0.1, -0.05) is 57.2 Å². The lowest BCUT2D eigenvalue weighted by Gasteiger charge is -2.37. The van der Waals surface area contributed by atoms with Crippen LogP contribution < -0.4 is 0 Å². The Labute approximate surface area is 122 Å². The van der Waals surface area contributed by atoms with Crippen molar-refractivity contribution in [2.24, 2.45) is 11.8 Å². The zero-order chi connectivity index (χ0) is 13.5. The molecule has 2 heteroatoms. The molecule has 1 saturated heterocycles. The van der Waals surface area contributed by atoms with Gasteiger partial charge >= 0.3 is 0 Å². The second-order valence-corrected chi connectivity index (χ2v) is 10.5. The lowest BCUT2D eigenvalue weighted by molar-refractivity contribution is 0.0449. The second kappa shape index (κ2) is 8.46. The summed E-state index contributed by atoms with van der Waals surface area (Å²) in [4.78, 5) is 0. The number of methoxy groups -OCH3 is 1. The van der Waals surface area contributed by atoms with Gasteiger partial charge in [0.1, 0.15) is 0 Å². The summed E-state index contributed by atoms with van der Waals surface area (Å²) in [6, 6.07) is 4.98. The van der Waals surface area contributed by atoms with E-state index >= 15 is 0 Å². The minimum atomic E-state index is -0.294. The van der Waals surface area contributed by atoms with Crippen molar-refractivity contribution >= 4 is 8.80 Å². The molecule has 2 rings (SSSR count). The molecule has 1 nitrogen and oxygen atoms in total. The molecule has 0 amide bonds. The van der Waals surface area contributed by atoms with Crippen molar-refractivity contribution < 1.29 is 4.74 Å². The van der Waals surface area contributed by atoms with E-state index in [0.717, 1.165) is 11.8 Å². The summed E-state index contributed by atoms with van der Waals surface area (Å²) in [5.74, 6) is 2.14. The summed E-state index contributed by atoms with van der Waals surface area (Å²) in [7, 11) is 1.59. The van der Waals surface area contributed by atoms with Crippen LogP contribution in [0.25, 0.3) is 0 Å². The molecule has 1 aliphatic heterocycles. The molecule has 2 fully saturated rings. The molecule has 112 valence electrons. The molecule has 0 spiro atoms. The maximum atomic E-state index is 5.51. The van der Waals surface area contributed by atoms with E-state index in [-0.39, 0.29) is 8.80 Å². The zero-order valence-corrected chi connectivity index (χ0v) is 14.4. The lowest BCUT2D eigenvalue weighted by atomic mass is 9.76. The molecule has 2 aliphatic rings. The third kappa shape index (κ3) is 4.89. The molecule has 0 bridgehead atoms. The Morgan fingerprint density at radius 1 is 0.895 bits per heavy atom. The number of rotatable bonds is 6. The molecule has 1 saturated carbocycles. The Balaban J connectivity index is 1.63. The summed E-state index contributed by atoms with van der Waals surface area (Å²) in [5.41, 5.74) is 0. The minimum Gasteiger partial charge on any atom is -0.381 e. The average Bonchev–Trinajstić information content (AvgIpc) is 2.48. The first kappa shape index (κ1) is 15.6. The van der Waals surface area contributed by atoms with Gasteiger partial charge in [-0.2, -0.15) is 0 Å². The van der Waals surface area contributed by atoms with E-state index in [1.807, 2.05) is 7.11 Å². The highest BCUT2D eigenvalue weighted by Crippen LogP contribution is 2.40. The Morgan fingerprint density at radius 2 is 1.53 bits per heavy atom. The summed E-state index contributed by atoms with van der Waals surface area (Å²) >= 11 is 0. The Bertz CT molecular complexity index is 227. The molecular weight excluding hydrogens is 248 g/mol. The van der Waals surface area contributed by atoms with E-state index < -0.39 is 0 Å². The molecule has 0 radical (unpaired) electrons. The van der Waals surface area contributed by atoms with Gasteiger partial charge in [0.15, 0.2) is 0 Å². The van der Waals surface area contributed by atoms with E-state index in [1.165, 1.54) is 44.9 Å². The Hall–Kier alpha value is 0.177. The molecule has 0 atom stereocenters. The Kier molecular flexibility index (Phi) is 6.93. The van der Waals surface area contributed by atoms with Gasteiger partial charge in [0, 0.05) is 15.9 Å². The van der Waals surface area contributed by atoms with Crippen molar-refractivity contribution in [3.8, 4) is 0 Å². The van der Waals surface area contributed by atoms with Crippen molar-refractivity contribution in [1.82, 2.24) is 0 Å². The smallest absolute Gasteiger partial charge is 0.0571 e. The molecule has 0 aromatic rings. The fraction of sp³-hybridized carbons (Fsp3) is 1.00. The van der Waals surface area contributed by atoms with Crippen LogP contribution in [0.5, 0.6) is 0 Å². The van der Waals surface area contributed by atoms with Crippen molar-refractivity contribution in [2.45, 2.75) is 88.9 Å². The van der Waals surface area contributed by atoms with Crippen molar-refractivity contribution in [2.75, 3.05) is 7.11 Å². The first-order valence-corrected chi connectivity index (χ1v) is 11.3. The summed E-state index contributed by atoms with van der Waals surface area (Å²) in [6.07, 6.45) is 13.7. The van der Waals surface area contributed by atoms with E-state index in [0.29, 0.717) is 6.10 Å². The maximum Gasteiger partial charge on any atom is 0.0571 e. The predicted octanol–water partition coefficient (Wildman–Crippen LogP) is 5.02. The van der Waals surface area contributed by atoms with Crippen LogP contribution in [0.4, 0.5) is 0 Å². The first-order chi connectivity index (χ1) is 9.33. The van der Waals surface area contributed by atoms with Gasteiger partial charge in [0.25, 0.3) is 0 Å². The van der Waals surface area contributed by atoms with Gasteiger partial charge < -0.3 is 4.74 Å². The third-order valence-corrected chi connectivity index (χ3v) is 9.35. The van der Waals surface area contributed by atoms with E-state index in [2.05, 4.69) is 6.92 Å². The fourth-order valence-corrected chi connectivity index (χ4v) is 7.96. The van der Waals surface area contributed by atoms with Crippen LogP contribution in [0.1, 0.15) is 64.7 Å². The van der Waals surface area contributed by atoms with Gasteiger partial charge in [-0.3, -0.25) is 0 Å². The average molecular weight is 283 g/mol. The van der Waals surface area contributed by atoms with Crippen LogP contribution in [0.2, 0.25) is 18.1 Å². The maximum absolute atomic E-state index is 5.51. The standard InChI is InChI=1S/C17H34OSi/c1-3-4-5-12-19-13-10-16(11-14-19)15-6-8-17(18-2)9-7-15/h15-17,19H,3-14H2,1-2H3/t15?,16-,17?,19-. The molecule has 19 heavy (non-hydrogen) atoms. The van der Waals surface area contributed by atoms with E-state index in [9.17, 15) is 0 Å². The second-order valence-electron chi connectivity index (χ2n) is 7.05. The minimum absolute atomic E-state index is 0.294. The molecule has 1 heterocycles. The van der Waals surface area contributed by atoms with Crippen LogP contribution in [-0.4, -0.2) is 22.0 Å². The number of unbranched alkanes of at least 4 members (excludes halogenated alkanes) is 2. The highest BCUT2D eigenvalue weighted by atomic mass is 28.3. The van der Waals surface area contributed by atoms with Crippen LogP contribution >= 0.6 is 0 Å². The van der Waals surface area contributed by atoms with Crippen molar-refractivity contribution in [3.63, 3.8) is 0 Å². The summed E-state index contributed by atoms with van der Waals surface area (Å²) in [5, 5.41) is 0. The largest absolute Gasteiger partial charge is 0.381 e. The highest BCUT2D eigenvalue weighted by molar-refractivity contribution is 6.58. The predicted molar refractivity (Wildman–Crippen MR) is 86.6 cm³/mol. The molecule has 0 N–H and O–H groups in total. The van der Waals surface area contributed by atoms with Gasteiger partial charge in [-0.15, -0.1) is 0 Å². The molecular formula is C17H34OSi. The lowest BCUT2D eigenvalue weighted by Crippen LogP contribution is -2.30. The van der Waals surface area contributed by atoms with E-state index in [1.54, 1.807) is 31.0 Å². The van der Waals surface area contributed by atoms with Gasteiger partial charge in [-0.05, 0) is 37.5 Å². The van der Waals surface area contributed by atoms with Crippen molar-refractivity contribution in [3.05, 3.63) is 0 Å². The SMILES string of the molecule is CCCCC[Si@H]1CC[C@H](C2CCC(OC)CC2)CC1. The van der Waals surface area contributed by atoms with Gasteiger partial charge in [0.2, 0.25) is 0 Å². The summed E-state index contributed by atoms with van der Waals surface area (Å²) in [6.45, 7) is 2.33. The van der Waals surface area contributed by atoms with Crippen LogP contribution in [0.3, 0.4) is 0 Å². The normalized spacial score (nSPS) is 36.3.